The number of amides is 2. The van der Waals surface area contributed by atoms with Gasteiger partial charge >= 0.3 is 6.09 Å². The van der Waals surface area contributed by atoms with E-state index in [1.807, 2.05) is 20.8 Å². The summed E-state index contributed by atoms with van der Waals surface area (Å²) in [5.74, 6) is 0.582. The van der Waals surface area contributed by atoms with E-state index < -0.39 is 5.60 Å². The van der Waals surface area contributed by atoms with Crippen LogP contribution in [-0.2, 0) is 16.1 Å². The van der Waals surface area contributed by atoms with Crippen molar-refractivity contribution in [1.82, 2.24) is 20.4 Å². The van der Waals surface area contributed by atoms with Crippen molar-refractivity contribution in [2.45, 2.75) is 58.3 Å². The lowest BCUT2D eigenvalue weighted by molar-refractivity contribution is -0.0190. The largest absolute Gasteiger partial charge is 0.444 e. The first kappa shape index (κ1) is 24.7. The predicted octanol–water partition coefficient (Wildman–Crippen LogP) is 2.76. The average Bonchev–Trinajstić information content (AvgIpc) is 3.26. The maximum absolute atomic E-state index is 12.2. The van der Waals surface area contributed by atoms with Crippen LogP contribution in [0.5, 0.6) is 0 Å². The summed E-state index contributed by atoms with van der Waals surface area (Å²) < 4.78 is 16.6. The number of carbonyl (C=O) groups excluding carboxylic acids is 2. The first-order chi connectivity index (χ1) is 15.7. The third kappa shape index (κ3) is 7.54. The zero-order valence-corrected chi connectivity index (χ0v) is 19.4. The molecule has 1 aliphatic rings. The number of nitrogens with one attached hydrogen (secondary N) is 1. The zero-order valence-electron chi connectivity index (χ0n) is 19.4. The molecular weight excluding hydrogens is 428 g/mol. The van der Waals surface area contributed by atoms with Crippen molar-refractivity contribution in [3.8, 4) is 11.5 Å². The molecule has 2 aromatic rings. The summed E-state index contributed by atoms with van der Waals surface area (Å²) in [4.78, 5) is 30.3. The molecule has 0 spiro atoms. The number of hydrogen-bond donors (Lipinski definition) is 2. The van der Waals surface area contributed by atoms with E-state index in [4.69, 9.17) is 19.1 Å². The highest BCUT2D eigenvalue weighted by Gasteiger charge is 2.27. The molecule has 1 aromatic heterocycles. The van der Waals surface area contributed by atoms with Crippen molar-refractivity contribution in [3.63, 3.8) is 0 Å². The van der Waals surface area contributed by atoms with Gasteiger partial charge < -0.3 is 29.3 Å². The topological polar surface area (TPSA) is 127 Å². The van der Waals surface area contributed by atoms with Gasteiger partial charge in [-0.1, -0.05) is 5.16 Å². The van der Waals surface area contributed by atoms with Gasteiger partial charge in [-0.3, -0.25) is 4.79 Å². The minimum Gasteiger partial charge on any atom is -0.444 e. The van der Waals surface area contributed by atoms with Crippen LogP contribution in [0.1, 0.15) is 56.2 Å². The van der Waals surface area contributed by atoms with Gasteiger partial charge in [0.15, 0.2) is 5.82 Å². The van der Waals surface area contributed by atoms with E-state index in [1.165, 1.54) is 0 Å². The molecule has 33 heavy (non-hydrogen) atoms. The highest BCUT2D eigenvalue weighted by atomic mass is 16.6. The maximum Gasteiger partial charge on any atom is 0.410 e. The highest BCUT2D eigenvalue weighted by molar-refractivity contribution is 5.94. The van der Waals surface area contributed by atoms with Gasteiger partial charge in [0.25, 0.3) is 11.8 Å². The lowest BCUT2D eigenvalue weighted by Gasteiger charge is -2.33. The SMILES string of the molecule is CC(C)(C)OC(=O)N1CCC(OCc2noc(-c3ccc(C(=O)NCCCO)cc3)n2)CC1. The molecule has 3 rings (SSSR count). The quantitative estimate of drug-likeness (QED) is 0.576. The standard InChI is InChI=1S/C23H32N4O6/c1-23(2,3)32-22(30)27-12-9-18(10-13-27)31-15-19-25-21(33-26-19)17-7-5-16(6-8-17)20(29)24-11-4-14-28/h5-8,18,28H,4,9-15H2,1-3H3,(H,24,29). The summed E-state index contributed by atoms with van der Waals surface area (Å²) >= 11 is 0. The number of benzene rings is 1. The van der Waals surface area contributed by atoms with Gasteiger partial charge in [-0.05, 0) is 64.3 Å². The number of piperidine rings is 1. The normalized spacial score (nSPS) is 14.8. The van der Waals surface area contributed by atoms with Crippen molar-refractivity contribution < 1.29 is 28.7 Å². The van der Waals surface area contributed by atoms with Crippen molar-refractivity contribution in [1.29, 1.82) is 0 Å². The third-order valence-electron chi connectivity index (χ3n) is 5.02. The fraction of sp³-hybridized carbons (Fsp3) is 0.565. The van der Waals surface area contributed by atoms with Crippen LogP contribution in [0.15, 0.2) is 28.8 Å². The number of ether oxygens (including phenoxy) is 2. The zero-order chi connectivity index (χ0) is 23.8. The Balaban J connectivity index is 1.45. The van der Waals surface area contributed by atoms with E-state index in [-0.39, 0.29) is 31.3 Å². The Hall–Kier alpha value is -2.98. The Kier molecular flexibility index (Phi) is 8.40. The van der Waals surface area contributed by atoms with Gasteiger partial charge in [-0.2, -0.15) is 4.98 Å². The molecule has 2 heterocycles. The molecule has 0 radical (unpaired) electrons. The van der Waals surface area contributed by atoms with Crippen LogP contribution in [0, 0.1) is 0 Å². The Bertz CT molecular complexity index is 914. The molecule has 180 valence electrons. The fourth-order valence-electron chi connectivity index (χ4n) is 3.30. The van der Waals surface area contributed by atoms with E-state index >= 15 is 0 Å². The summed E-state index contributed by atoms with van der Waals surface area (Å²) in [6.07, 6.45) is 1.66. The van der Waals surface area contributed by atoms with E-state index in [9.17, 15) is 9.59 Å². The van der Waals surface area contributed by atoms with Crippen LogP contribution in [0.4, 0.5) is 4.79 Å². The number of hydrogen-bond acceptors (Lipinski definition) is 8. The molecule has 1 aliphatic heterocycles. The molecule has 1 aromatic carbocycles. The number of aliphatic hydroxyl groups is 1. The van der Waals surface area contributed by atoms with Gasteiger partial charge in [0.2, 0.25) is 0 Å². The molecule has 1 saturated heterocycles. The number of nitrogens with zero attached hydrogens (tertiary/aromatic N) is 3. The number of aliphatic hydroxyl groups excluding tert-OH is 1. The lowest BCUT2D eigenvalue weighted by Crippen LogP contribution is -2.43. The van der Waals surface area contributed by atoms with E-state index in [0.717, 1.165) is 0 Å². The molecule has 0 saturated carbocycles. The Morgan fingerprint density at radius 1 is 1.21 bits per heavy atom. The van der Waals surface area contributed by atoms with Crippen molar-refractivity contribution >= 4 is 12.0 Å². The summed E-state index contributed by atoms with van der Waals surface area (Å²) in [6, 6.07) is 6.85. The summed E-state index contributed by atoms with van der Waals surface area (Å²) in [5.41, 5.74) is 0.706. The van der Waals surface area contributed by atoms with Gasteiger partial charge in [-0.25, -0.2) is 4.79 Å². The van der Waals surface area contributed by atoms with Gasteiger partial charge in [0, 0.05) is 37.4 Å². The van der Waals surface area contributed by atoms with E-state index in [0.29, 0.717) is 61.7 Å². The number of carbonyl (C=O) groups is 2. The van der Waals surface area contributed by atoms with Crippen LogP contribution < -0.4 is 5.32 Å². The first-order valence-corrected chi connectivity index (χ1v) is 11.2. The Labute approximate surface area is 193 Å². The first-order valence-electron chi connectivity index (χ1n) is 11.2. The summed E-state index contributed by atoms with van der Waals surface area (Å²) in [6.45, 7) is 7.39. The highest BCUT2D eigenvalue weighted by Crippen LogP contribution is 2.20. The van der Waals surface area contributed by atoms with Crippen molar-refractivity contribution in [3.05, 3.63) is 35.7 Å². The fourth-order valence-corrected chi connectivity index (χ4v) is 3.30. The minimum absolute atomic E-state index is 0.00858. The van der Waals surface area contributed by atoms with E-state index in [2.05, 4.69) is 15.5 Å². The monoisotopic (exact) mass is 460 g/mol. The Morgan fingerprint density at radius 2 is 1.91 bits per heavy atom. The molecule has 10 heteroatoms. The second-order valence-electron chi connectivity index (χ2n) is 8.90. The van der Waals surface area contributed by atoms with Gasteiger partial charge in [0.1, 0.15) is 12.2 Å². The number of aromatic nitrogens is 2. The molecular formula is C23H32N4O6. The Morgan fingerprint density at radius 3 is 2.55 bits per heavy atom. The minimum atomic E-state index is -0.506. The molecule has 0 bridgehead atoms. The van der Waals surface area contributed by atoms with Gasteiger partial charge in [-0.15, -0.1) is 0 Å². The maximum atomic E-state index is 12.2. The molecule has 2 N–H and O–H groups in total. The average molecular weight is 461 g/mol. The van der Waals surface area contributed by atoms with Gasteiger partial charge in [0.05, 0.1) is 6.10 Å². The molecule has 2 amide bonds. The second-order valence-corrected chi connectivity index (χ2v) is 8.90. The number of likely N-dealkylation sites (tertiary alicyclic amines) is 1. The van der Waals surface area contributed by atoms with Crippen molar-refractivity contribution in [2.24, 2.45) is 0 Å². The smallest absolute Gasteiger partial charge is 0.410 e. The van der Waals surface area contributed by atoms with Crippen LogP contribution in [0.2, 0.25) is 0 Å². The molecule has 0 aliphatic carbocycles. The molecule has 0 atom stereocenters. The predicted molar refractivity (Wildman–Crippen MR) is 119 cm³/mol. The van der Waals surface area contributed by atoms with Crippen LogP contribution >= 0.6 is 0 Å². The van der Waals surface area contributed by atoms with Crippen molar-refractivity contribution in [2.75, 3.05) is 26.2 Å². The summed E-state index contributed by atoms with van der Waals surface area (Å²) in [5, 5.41) is 15.5. The lowest BCUT2D eigenvalue weighted by atomic mass is 10.1. The number of rotatable bonds is 8. The molecule has 1 fully saturated rings. The summed E-state index contributed by atoms with van der Waals surface area (Å²) in [7, 11) is 0. The second kappa shape index (κ2) is 11.2. The third-order valence-corrected chi connectivity index (χ3v) is 5.02. The molecule has 10 nitrogen and oxygen atoms in total. The van der Waals surface area contributed by atoms with Crippen LogP contribution in [0.25, 0.3) is 11.5 Å². The van der Waals surface area contributed by atoms with E-state index in [1.54, 1.807) is 29.2 Å². The van der Waals surface area contributed by atoms with Crippen LogP contribution in [-0.4, -0.2) is 70.1 Å². The molecule has 0 unspecified atom stereocenters. The van der Waals surface area contributed by atoms with Crippen LogP contribution in [0.3, 0.4) is 0 Å².